The van der Waals surface area contributed by atoms with E-state index >= 15 is 0 Å². The summed E-state index contributed by atoms with van der Waals surface area (Å²) in [7, 11) is 0. The number of nitrogens with one attached hydrogen (secondary N) is 1. The molecular formula is C15H19BrN2O5. The van der Waals surface area contributed by atoms with Gasteiger partial charge in [0.2, 0.25) is 5.91 Å². The Morgan fingerprint density at radius 3 is 2.87 bits per heavy atom. The molecule has 0 bridgehead atoms. The SMILES string of the molecule is CCOc1cc(/C=N/NC(=O)CC2(C)OCCO2)cc(Br)c1O. The standard InChI is InChI=1S/C15H19BrN2O5/c1-3-21-12-7-10(6-11(16)14(12)20)9-17-18-13(19)8-15(2)22-4-5-23-15/h6-7,9,20H,3-5,8H2,1-2H3,(H,18,19)/b17-9+. The van der Waals surface area contributed by atoms with Gasteiger partial charge in [0.05, 0.1) is 36.9 Å². The molecule has 1 amide bonds. The summed E-state index contributed by atoms with van der Waals surface area (Å²) in [6, 6.07) is 3.29. The van der Waals surface area contributed by atoms with Crippen LogP contribution in [0.3, 0.4) is 0 Å². The van der Waals surface area contributed by atoms with Gasteiger partial charge in [-0.15, -0.1) is 0 Å². The van der Waals surface area contributed by atoms with Crippen LogP contribution >= 0.6 is 15.9 Å². The number of ether oxygens (including phenoxy) is 3. The number of carbonyl (C=O) groups excluding carboxylic acids is 1. The number of rotatable bonds is 6. The van der Waals surface area contributed by atoms with Gasteiger partial charge in [0, 0.05) is 0 Å². The third-order valence-electron chi connectivity index (χ3n) is 3.13. The average molecular weight is 387 g/mol. The highest BCUT2D eigenvalue weighted by Crippen LogP contribution is 2.35. The van der Waals surface area contributed by atoms with Gasteiger partial charge in [0.1, 0.15) is 0 Å². The number of phenols is 1. The maximum Gasteiger partial charge on any atom is 0.245 e. The van der Waals surface area contributed by atoms with Crippen molar-refractivity contribution in [3.63, 3.8) is 0 Å². The smallest absolute Gasteiger partial charge is 0.245 e. The van der Waals surface area contributed by atoms with E-state index in [-0.39, 0.29) is 18.1 Å². The Labute approximate surface area is 142 Å². The van der Waals surface area contributed by atoms with Crippen LogP contribution in [0, 0.1) is 0 Å². The molecule has 1 aromatic carbocycles. The maximum absolute atomic E-state index is 11.8. The molecule has 0 saturated carbocycles. The summed E-state index contributed by atoms with van der Waals surface area (Å²) in [5.74, 6) is -0.830. The molecule has 0 atom stereocenters. The van der Waals surface area contributed by atoms with Crippen molar-refractivity contribution in [1.29, 1.82) is 0 Å². The van der Waals surface area contributed by atoms with Crippen molar-refractivity contribution >= 4 is 28.1 Å². The number of halogens is 1. The van der Waals surface area contributed by atoms with Crippen LogP contribution in [0.25, 0.3) is 0 Å². The third-order valence-corrected chi connectivity index (χ3v) is 3.74. The fourth-order valence-electron chi connectivity index (χ4n) is 2.10. The molecule has 0 aromatic heterocycles. The first-order valence-electron chi connectivity index (χ1n) is 7.18. The van der Waals surface area contributed by atoms with Crippen molar-refractivity contribution in [2.75, 3.05) is 19.8 Å². The lowest BCUT2D eigenvalue weighted by molar-refractivity contribution is -0.159. The van der Waals surface area contributed by atoms with Gasteiger partial charge in [0.25, 0.3) is 0 Å². The highest BCUT2D eigenvalue weighted by atomic mass is 79.9. The van der Waals surface area contributed by atoms with Crippen LogP contribution in [0.1, 0.15) is 25.8 Å². The number of hydrogen-bond acceptors (Lipinski definition) is 6. The Kier molecular flexibility index (Phi) is 5.97. The normalized spacial score (nSPS) is 16.7. The van der Waals surface area contributed by atoms with Gasteiger partial charge in [0.15, 0.2) is 17.3 Å². The second kappa shape index (κ2) is 7.76. The minimum Gasteiger partial charge on any atom is -0.503 e. The molecule has 1 saturated heterocycles. The van der Waals surface area contributed by atoms with Crippen LogP contribution in [0.4, 0.5) is 0 Å². The van der Waals surface area contributed by atoms with Gasteiger partial charge in [-0.1, -0.05) is 0 Å². The zero-order chi connectivity index (χ0) is 16.9. The van der Waals surface area contributed by atoms with Gasteiger partial charge in [-0.05, 0) is 47.5 Å². The molecule has 1 aromatic rings. The highest BCUT2D eigenvalue weighted by molar-refractivity contribution is 9.10. The topological polar surface area (TPSA) is 89.4 Å². The summed E-state index contributed by atoms with van der Waals surface area (Å²) in [6.07, 6.45) is 1.52. The summed E-state index contributed by atoms with van der Waals surface area (Å²) in [4.78, 5) is 11.8. The highest BCUT2D eigenvalue weighted by Gasteiger charge is 2.33. The van der Waals surface area contributed by atoms with Crippen molar-refractivity contribution in [2.24, 2.45) is 5.10 Å². The second-order valence-electron chi connectivity index (χ2n) is 5.08. The molecule has 2 rings (SSSR count). The van der Waals surface area contributed by atoms with Crippen LogP contribution in [0.15, 0.2) is 21.7 Å². The van der Waals surface area contributed by atoms with Crippen LogP contribution in [0.5, 0.6) is 11.5 Å². The van der Waals surface area contributed by atoms with Crippen molar-refractivity contribution in [2.45, 2.75) is 26.1 Å². The lowest BCUT2D eigenvalue weighted by Gasteiger charge is -2.20. The molecule has 0 spiro atoms. The fraction of sp³-hybridized carbons (Fsp3) is 0.467. The number of benzene rings is 1. The van der Waals surface area contributed by atoms with Crippen LogP contribution < -0.4 is 10.2 Å². The first-order chi connectivity index (χ1) is 10.9. The molecule has 1 heterocycles. The molecule has 0 radical (unpaired) electrons. The zero-order valence-corrected chi connectivity index (χ0v) is 14.6. The summed E-state index contributed by atoms with van der Waals surface area (Å²) in [6.45, 7) is 4.93. The Bertz CT molecular complexity index is 600. The molecule has 23 heavy (non-hydrogen) atoms. The van der Waals surface area contributed by atoms with Crippen molar-refractivity contribution in [1.82, 2.24) is 5.43 Å². The van der Waals surface area contributed by atoms with E-state index < -0.39 is 5.79 Å². The Morgan fingerprint density at radius 2 is 2.22 bits per heavy atom. The van der Waals surface area contributed by atoms with Crippen LogP contribution in [-0.2, 0) is 14.3 Å². The third kappa shape index (κ3) is 4.92. The number of hydrazone groups is 1. The van der Waals surface area contributed by atoms with Gasteiger partial charge in [-0.2, -0.15) is 5.10 Å². The molecule has 0 unspecified atom stereocenters. The van der Waals surface area contributed by atoms with E-state index in [1.165, 1.54) is 6.21 Å². The van der Waals surface area contributed by atoms with E-state index in [0.29, 0.717) is 35.6 Å². The second-order valence-corrected chi connectivity index (χ2v) is 5.94. The summed E-state index contributed by atoms with van der Waals surface area (Å²) >= 11 is 3.24. The van der Waals surface area contributed by atoms with E-state index in [1.54, 1.807) is 19.1 Å². The predicted molar refractivity (Wildman–Crippen MR) is 87.6 cm³/mol. The first-order valence-corrected chi connectivity index (χ1v) is 7.98. The van der Waals surface area contributed by atoms with E-state index in [4.69, 9.17) is 14.2 Å². The lowest BCUT2D eigenvalue weighted by Crippen LogP contribution is -2.33. The number of hydrogen-bond donors (Lipinski definition) is 2. The van der Waals surface area contributed by atoms with Crippen molar-refractivity contribution in [3.8, 4) is 11.5 Å². The molecule has 1 aliphatic heterocycles. The molecule has 0 aliphatic carbocycles. The summed E-state index contributed by atoms with van der Waals surface area (Å²) in [5.41, 5.74) is 3.09. The van der Waals surface area contributed by atoms with Gasteiger partial charge >= 0.3 is 0 Å². The Balaban J connectivity index is 1.96. The number of amides is 1. The van der Waals surface area contributed by atoms with Crippen LogP contribution in [0.2, 0.25) is 0 Å². The van der Waals surface area contributed by atoms with Gasteiger partial charge < -0.3 is 19.3 Å². The monoisotopic (exact) mass is 386 g/mol. The van der Waals surface area contributed by atoms with E-state index in [1.807, 2.05) is 6.92 Å². The molecular weight excluding hydrogens is 368 g/mol. The predicted octanol–water partition coefficient (Wildman–Crippen LogP) is 2.16. The molecule has 1 fully saturated rings. The number of carbonyl (C=O) groups is 1. The quantitative estimate of drug-likeness (QED) is 0.577. The molecule has 1 aliphatic rings. The maximum atomic E-state index is 11.8. The summed E-state index contributed by atoms with van der Waals surface area (Å²) in [5, 5.41) is 13.7. The molecule has 8 heteroatoms. The summed E-state index contributed by atoms with van der Waals surface area (Å²) < 4.78 is 16.5. The van der Waals surface area contributed by atoms with E-state index in [9.17, 15) is 9.90 Å². The first kappa shape index (κ1) is 17.7. The van der Waals surface area contributed by atoms with Crippen molar-refractivity contribution < 1.29 is 24.1 Å². The Hall–Kier alpha value is -1.64. The van der Waals surface area contributed by atoms with Crippen molar-refractivity contribution in [3.05, 3.63) is 22.2 Å². The van der Waals surface area contributed by atoms with E-state index in [2.05, 4.69) is 26.5 Å². The van der Waals surface area contributed by atoms with Crippen LogP contribution in [-0.4, -0.2) is 42.8 Å². The fourth-order valence-corrected chi connectivity index (χ4v) is 2.56. The minimum absolute atomic E-state index is 0.0245. The minimum atomic E-state index is -0.886. The number of nitrogens with zero attached hydrogens (tertiary/aromatic N) is 1. The van der Waals surface area contributed by atoms with Gasteiger partial charge in [-0.3, -0.25) is 4.79 Å². The number of phenolic OH excluding ortho intramolecular Hbond substituents is 1. The largest absolute Gasteiger partial charge is 0.503 e. The Morgan fingerprint density at radius 1 is 1.52 bits per heavy atom. The van der Waals surface area contributed by atoms with E-state index in [0.717, 1.165) is 0 Å². The molecule has 126 valence electrons. The lowest BCUT2D eigenvalue weighted by atomic mass is 10.2. The molecule has 7 nitrogen and oxygen atoms in total. The van der Waals surface area contributed by atoms with Gasteiger partial charge in [-0.25, -0.2) is 5.43 Å². The molecule has 2 N–H and O–H groups in total. The zero-order valence-electron chi connectivity index (χ0n) is 13.0. The number of aromatic hydroxyl groups is 1. The average Bonchev–Trinajstić information content (AvgIpc) is 2.90.